The first kappa shape index (κ1) is 11.0. The van der Waals surface area contributed by atoms with Gasteiger partial charge in [0, 0.05) is 25.2 Å². The van der Waals surface area contributed by atoms with E-state index in [2.05, 4.69) is 9.80 Å². The molecule has 1 aliphatic carbocycles. The number of hydrogen-bond donors (Lipinski definition) is 1. The van der Waals surface area contributed by atoms with Gasteiger partial charge in [-0.2, -0.15) is 0 Å². The maximum absolute atomic E-state index is 5.81. The largest absolute Gasteiger partial charge is 0.330 e. The van der Waals surface area contributed by atoms with E-state index in [1.165, 1.54) is 58.3 Å². The highest BCUT2D eigenvalue weighted by molar-refractivity contribution is 4.95. The molecule has 2 N–H and O–H groups in total. The van der Waals surface area contributed by atoms with Crippen molar-refractivity contribution in [2.75, 3.05) is 32.7 Å². The molecule has 3 heteroatoms. The molecule has 1 saturated carbocycles. The van der Waals surface area contributed by atoms with E-state index in [1.807, 2.05) is 0 Å². The maximum atomic E-state index is 5.81. The number of nitrogens with two attached hydrogens (primary N) is 1. The Morgan fingerprint density at radius 1 is 0.938 bits per heavy atom. The molecule has 3 rings (SSSR count). The van der Waals surface area contributed by atoms with Gasteiger partial charge in [-0.3, -0.25) is 9.80 Å². The molecule has 16 heavy (non-hydrogen) atoms. The molecule has 3 fully saturated rings. The minimum Gasteiger partial charge on any atom is -0.330 e. The summed E-state index contributed by atoms with van der Waals surface area (Å²) in [5.41, 5.74) is 5.81. The van der Waals surface area contributed by atoms with Crippen molar-refractivity contribution < 1.29 is 0 Å². The van der Waals surface area contributed by atoms with E-state index in [1.54, 1.807) is 0 Å². The SMILES string of the molecule is NCC1CCC1N1CCC(N2CCCC2)C1. The van der Waals surface area contributed by atoms with Crippen LogP contribution in [0.3, 0.4) is 0 Å². The lowest BCUT2D eigenvalue weighted by atomic mass is 9.79. The van der Waals surface area contributed by atoms with Gasteiger partial charge in [-0.15, -0.1) is 0 Å². The minimum absolute atomic E-state index is 0.803. The summed E-state index contributed by atoms with van der Waals surface area (Å²) in [6.45, 7) is 6.24. The third-order valence-corrected chi connectivity index (χ3v) is 5.00. The highest BCUT2D eigenvalue weighted by Crippen LogP contribution is 2.34. The fourth-order valence-corrected chi connectivity index (χ4v) is 3.78. The van der Waals surface area contributed by atoms with Gasteiger partial charge in [-0.05, 0) is 57.7 Å². The van der Waals surface area contributed by atoms with Gasteiger partial charge in [-0.1, -0.05) is 0 Å². The Morgan fingerprint density at radius 3 is 2.38 bits per heavy atom. The van der Waals surface area contributed by atoms with Crippen LogP contribution in [0.5, 0.6) is 0 Å². The Balaban J connectivity index is 1.52. The van der Waals surface area contributed by atoms with E-state index in [0.29, 0.717) is 0 Å². The predicted octanol–water partition coefficient (Wildman–Crippen LogP) is 0.894. The van der Waals surface area contributed by atoms with E-state index in [-0.39, 0.29) is 0 Å². The van der Waals surface area contributed by atoms with Gasteiger partial charge >= 0.3 is 0 Å². The standard InChI is InChI=1S/C13H25N3/c14-9-11-3-4-13(11)16-8-5-12(10-16)15-6-1-2-7-15/h11-13H,1-10,14H2. The third kappa shape index (κ3) is 1.89. The van der Waals surface area contributed by atoms with Crippen molar-refractivity contribution in [3.8, 4) is 0 Å². The summed E-state index contributed by atoms with van der Waals surface area (Å²) < 4.78 is 0. The Hall–Kier alpha value is -0.120. The van der Waals surface area contributed by atoms with E-state index >= 15 is 0 Å². The minimum atomic E-state index is 0.803. The molecule has 0 aromatic carbocycles. The van der Waals surface area contributed by atoms with Crippen molar-refractivity contribution in [3.05, 3.63) is 0 Å². The van der Waals surface area contributed by atoms with Crippen molar-refractivity contribution in [2.24, 2.45) is 11.7 Å². The molecular formula is C13H25N3. The zero-order valence-electron chi connectivity index (χ0n) is 10.3. The molecule has 2 heterocycles. The maximum Gasteiger partial charge on any atom is 0.0235 e. The normalized spacial score (nSPS) is 41.4. The molecule has 3 unspecified atom stereocenters. The molecule has 2 aliphatic heterocycles. The number of hydrogen-bond acceptors (Lipinski definition) is 3. The molecule has 0 aromatic heterocycles. The third-order valence-electron chi connectivity index (χ3n) is 5.00. The molecule has 2 saturated heterocycles. The molecule has 0 amide bonds. The van der Waals surface area contributed by atoms with E-state index in [4.69, 9.17) is 5.73 Å². The van der Waals surface area contributed by atoms with Gasteiger partial charge in [0.1, 0.15) is 0 Å². The Morgan fingerprint density at radius 2 is 1.75 bits per heavy atom. The highest BCUT2D eigenvalue weighted by Gasteiger charge is 2.39. The summed E-state index contributed by atoms with van der Waals surface area (Å²) >= 11 is 0. The summed E-state index contributed by atoms with van der Waals surface area (Å²) in [6, 6.07) is 1.69. The number of nitrogens with zero attached hydrogens (tertiary/aromatic N) is 2. The van der Waals surface area contributed by atoms with Gasteiger partial charge in [0.25, 0.3) is 0 Å². The average molecular weight is 223 g/mol. The van der Waals surface area contributed by atoms with Crippen LogP contribution in [0, 0.1) is 5.92 Å². The quantitative estimate of drug-likeness (QED) is 0.771. The molecule has 0 aromatic rings. The van der Waals surface area contributed by atoms with E-state index < -0.39 is 0 Å². The summed E-state index contributed by atoms with van der Waals surface area (Å²) in [6.07, 6.45) is 7.01. The Kier molecular flexibility index (Phi) is 3.18. The van der Waals surface area contributed by atoms with Gasteiger partial charge < -0.3 is 5.73 Å². The summed E-state index contributed by atoms with van der Waals surface area (Å²) in [5, 5.41) is 0. The number of likely N-dealkylation sites (tertiary alicyclic amines) is 2. The predicted molar refractivity (Wildman–Crippen MR) is 66.4 cm³/mol. The van der Waals surface area contributed by atoms with Crippen LogP contribution in [0.4, 0.5) is 0 Å². The lowest BCUT2D eigenvalue weighted by Gasteiger charge is -2.42. The van der Waals surface area contributed by atoms with Crippen LogP contribution < -0.4 is 5.73 Å². The van der Waals surface area contributed by atoms with Crippen molar-refractivity contribution >= 4 is 0 Å². The summed E-state index contributed by atoms with van der Waals surface area (Å²) in [7, 11) is 0. The van der Waals surface area contributed by atoms with Crippen molar-refractivity contribution in [3.63, 3.8) is 0 Å². The van der Waals surface area contributed by atoms with E-state index in [9.17, 15) is 0 Å². The second kappa shape index (κ2) is 4.63. The van der Waals surface area contributed by atoms with Crippen LogP contribution >= 0.6 is 0 Å². The average Bonchev–Trinajstić information content (AvgIpc) is 2.84. The van der Waals surface area contributed by atoms with Crippen LogP contribution in [0.25, 0.3) is 0 Å². The first-order valence-electron chi connectivity index (χ1n) is 7.06. The molecule has 3 atom stereocenters. The van der Waals surface area contributed by atoms with Crippen LogP contribution in [-0.4, -0.2) is 54.6 Å². The number of rotatable bonds is 3. The van der Waals surface area contributed by atoms with Crippen molar-refractivity contribution in [2.45, 2.75) is 44.2 Å². The molecule has 3 nitrogen and oxygen atoms in total. The van der Waals surface area contributed by atoms with Crippen molar-refractivity contribution in [1.82, 2.24) is 9.80 Å². The first-order valence-corrected chi connectivity index (χ1v) is 7.06. The Bertz CT molecular complexity index is 235. The van der Waals surface area contributed by atoms with Crippen LogP contribution in [0.2, 0.25) is 0 Å². The van der Waals surface area contributed by atoms with Gasteiger partial charge in [0.15, 0.2) is 0 Å². The topological polar surface area (TPSA) is 32.5 Å². The van der Waals surface area contributed by atoms with E-state index in [0.717, 1.165) is 24.5 Å². The molecule has 3 aliphatic rings. The van der Waals surface area contributed by atoms with Gasteiger partial charge in [0.05, 0.1) is 0 Å². The van der Waals surface area contributed by atoms with Crippen LogP contribution in [0.15, 0.2) is 0 Å². The second-order valence-corrected chi connectivity index (χ2v) is 5.82. The second-order valence-electron chi connectivity index (χ2n) is 5.82. The molecule has 0 radical (unpaired) electrons. The zero-order chi connectivity index (χ0) is 11.0. The monoisotopic (exact) mass is 223 g/mol. The zero-order valence-corrected chi connectivity index (χ0v) is 10.3. The highest BCUT2D eigenvalue weighted by atomic mass is 15.3. The first-order chi connectivity index (χ1) is 7.88. The van der Waals surface area contributed by atoms with Crippen LogP contribution in [0.1, 0.15) is 32.1 Å². The van der Waals surface area contributed by atoms with Crippen LogP contribution in [-0.2, 0) is 0 Å². The fourth-order valence-electron chi connectivity index (χ4n) is 3.78. The molecule has 92 valence electrons. The lowest BCUT2D eigenvalue weighted by molar-refractivity contribution is 0.0803. The summed E-state index contributed by atoms with van der Waals surface area (Å²) in [4.78, 5) is 5.44. The smallest absolute Gasteiger partial charge is 0.0235 e. The fraction of sp³-hybridized carbons (Fsp3) is 1.00. The van der Waals surface area contributed by atoms with Crippen molar-refractivity contribution in [1.29, 1.82) is 0 Å². The van der Waals surface area contributed by atoms with Gasteiger partial charge in [0.2, 0.25) is 0 Å². The Labute approximate surface area is 99.0 Å². The van der Waals surface area contributed by atoms with Gasteiger partial charge in [-0.25, -0.2) is 0 Å². The molecule has 0 spiro atoms. The lowest BCUT2D eigenvalue weighted by Crippen LogP contribution is -2.49. The summed E-state index contributed by atoms with van der Waals surface area (Å²) in [5.74, 6) is 0.803. The molecular weight excluding hydrogens is 198 g/mol. The molecule has 0 bridgehead atoms.